The Morgan fingerprint density at radius 2 is 1.76 bits per heavy atom. The van der Waals surface area contributed by atoms with Crippen molar-refractivity contribution in [3.63, 3.8) is 0 Å². The molecule has 2 rings (SSSR count). The van der Waals surface area contributed by atoms with E-state index < -0.39 is 0 Å². The highest BCUT2D eigenvalue weighted by molar-refractivity contribution is 5.70. The van der Waals surface area contributed by atoms with E-state index in [0.29, 0.717) is 0 Å². The van der Waals surface area contributed by atoms with Gasteiger partial charge in [0.2, 0.25) is 0 Å². The van der Waals surface area contributed by atoms with Crippen LogP contribution < -0.4 is 4.74 Å². The van der Waals surface area contributed by atoms with Gasteiger partial charge in [0.05, 0.1) is 7.11 Å². The van der Waals surface area contributed by atoms with Crippen LogP contribution in [0.25, 0.3) is 12.2 Å². The first kappa shape index (κ1) is 11.4. The average molecular weight is 225 g/mol. The Hall–Kier alpha value is -2.09. The normalized spacial score (nSPS) is 10.7. The number of hydrogen-bond donors (Lipinski definition) is 0. The van der Waals surface area contributed by atoms with Gasteiger partial charge in [0.15, 0.2) is 0 Å². The number of pyridine rings is 1. The Labute approximate surface area is 102 Å². The second-order valence-corrected chi connectivity index (χ2v) is 3.78. The minimum atomic E-state index is 0.794. The number of rotatable bonds is 3. The lowest BCUT2D eigenvalue weighted by Crippen LogP contribution is -1.91. The molecule has 0 radical (unpaired) electrons. The lowest BCUT2D eigenvalue weighted by atomic mass is 10.2. The molecule has 2 heteroatoms. The fraction of sp³-hybridized carbons (Fsp3) is 0.133. The van der Waals surface area contributed by atoms with Crippen LogP contribution in [0, 0.1) is 6.92 Å². The van der Waals surface area contributed by atoms with Crippen LogP contribution in [0.2, 0.25) is 0 Å². The zero-order chi connectivity index (χ0) is 12.1. The maximum Gasteiger partial charge on any atom is 0.144 e. The Bertz CT molecular complexity index is 518. The van der Waals surface area contributed by atoms with Crippen LogP contribution >= 0.6 is 0 Å². The molecule has 86 valence electrons. The molecule has 1 aromatic heterocycles. The minimum Gasteiger partial charge on any atom is -0.494 e. The van der Waals surface area contributed by atoms with Gasteiger partial charge in [-0.3, -0.25) is 0 Å². The standard InChI is InChI=1S/C15H15NO/c1-12-8-11-15(17-2)14(16-12)10-9-13-6-4-3-5-7-13/h3-11H,1-2H3. The van der Waals surface area contributed by atoms with Crippen LogP contribution in [0.4, 0.5) is 0 Å². The topological polar surface area (TPSA) is 22.1 Å². The van der Waals surface area contributed by atoms with E-state index in [4.69, 9.17) is 4.74 Å². The fourth-order valence-corrected chi connectivity index (χ4v) is 1.60. The molecular formula is C15H15NO. The number of nitrogens with zero attached hydrogens (tertiary/aromatic N) is 1. The van der Waals surface area contributed by atoms with Crippen LogP contribution in [0.1, 0.15) is 17.0 Å². The van der Waals surface area contributed by atoms with Crippen LogP contribution in [-0.4, -0.2) is 12.1 Å². The summed E-state index contributed by atoms with van der Waals surface area (Å²) in [4.78, 5) is 4.45. The first-order chi connectivity index (χ1) is 8.29. The first-order valence-electron chi connectivity index (χ1n) is 5.54. The Kier molecular flexibility index (Phi) is 3.55. The summed E-state index contributed by atoms with van der Waals surface area (Å²) in [6.45, 7) is 1.97. The highest BCUT2D eigenvalue weighted by Gasteiger charge is 2.00. The molecule has 0 saturated carbocycles. The van der Waals surface area contributed by atoms with Gasteiger partial charge < -0.3 is 4.74 Å². The highest BCUT2D eigenvalue weighted by Crippen LogP contribution is 2.18. The maximum atomic E-state index is 5.27. The molecule has 0 spiro atoms. The Balaban J connectivity index is 2.29. The number of methoxy groups -OCH3 is 1. The molecule has 0 aliphatic rings. The SMILES string of the molecule is COc1ccc(C)nc1C=Cc1ccccc1. The van der Waals surface area contributed by atoms with E-state index in [1.54, 1.807) is 7.11 Å². The predicted octanol–water partition coefficient (Wildman–Crippen LogP) is 3.57. The van der Waals surface area contributed by atoms with E-state index in [0.717, 1.165) is 22.7 Å². The fourth-order valence-electron chi connectivity index (χ4n) is 1.60. The van der Waals surface area contributed by atoms with Crippen molar-refractivity contribution in [2.24, 2.45) is 0 Å². The highest BCUT2D eigenvalue weighted by atomic mass is 16.5. The molecule has 0 bridgehead atoms. The number of hydrogen-bond acceptors (Lipinski definition) is 2. The molecule has 1 heterocycles. The summed E-state index contributed by atoms with van der Waals surface area (Å²) >= 11 is 0. The smallest absolute Gasteiger partial charge is 0.144 e. The largest absolute Gasteiger partial charge is 0.494 e. The van der Waals surface area contributed by atoms with Crippen molar-refractivity contribution in [1.29, 1.82) is 0 Å². The molecule has 0 amide bonds. The molecule has 2 aromatic rings. The van der Waals surface area contributed by atoms with Crippen LogP contribution in [0.5, 0.6) is 5.75 Å². The van der Waals surface area contributed by atoms with Crippen molar-refractivity contribution in [2.75, 3.05) is 7.11 Å². The maximum absolute atomic E-state index is 5.27. The lowest BCUT2D eigenvalue weighted by Gasteiger charge is -2.04. The molecule has 0 unspecified atom stereocenters. The van der Waals surface area contributed by atoms with Crippen molar-refractivity contribution >= 4 is 12.2 Å². The quantitative estimate of drug-likeness (QED) is 0.796. The summed E-state index contributed by atoms with van der Waals surface area (Å²) in [5.41, 5.74) is 2.99. The van der Waals surface area contributed by atoms with Crippen LogP contribution in [-0.2, 0) is 0 Å². The third kappa shape index (κ3) is 2.94. The summed E-state index contributed by atoms with van der Waals surface area (Å²) in [5, 5.41) is 0. The molecule has 1 aromatic carbocycles. The summed E-state index contributed by atoms with van der Waals surface area (Å²) < 4.78 is 5.27. The molecule has 0 saturated heterocycles. The van der Waals surface area contributed by atoms with E-state index in [-0.39, 0.29) is 0 Å². The third-order valence-corrected chi connectivity index (χ3v) is 2.48. The van der Waals surface area contributed by atoms with Gasteiger partial charge in [-0.05, 0) is 30.7 Å². The third-order valence-electron chi connectivity index (χ3n) is 2.48. The molecule has 0 aliphatic carbocycles. The van der Waals surface area contributed by atoms with Crippen molar-refractivity contribution in [3.05, 3.63) is 59.4 Å². The van der Waals surface area contributed by atoms with Gasteiger partial charge in [-0.2, -0.15) is 0 Å². The van der Waals surface area contributed by atoms with E-state index in [9.17, 15) is 0 Å². The van der Waals surface area contributed by atoms with Gasteiger partial charge in [0.1, 0.15) is 11.4 Å². The number of ether oxygens (including phenoxy) is 1. The Morgan fingerprint density at radius 1 is 1.00 bits per heavy atom. The van der Waals surface area contributed by atoms with E-state index >= 15 is 0 Å². The van der Waals surface area contributed by atoms with Crippen molar-refractivity contribution < 1.29 is 4.74 Å². The molecule has 2 nitrogen and oxygen atoms in total. The average Bonchev–Trinajstić information content (AvgIpc) is 2.38. The zero-order valence-corrected chi connectivity index (χ0v) is 10.1. The molecule has 0 aliphatic heterocycles. The first-order valence-corrected chi connectivity index (χ1v) is 5.54. The van der Waals surface area contributed by atoms with Crippen molar-refractivity contribution in [2.45, 2.75) is 6.92 Å². The van der Waals surface area contributed by atoms with Gasteiger partial charge in [-0.15, -0.1) is 0 Å². The summed E-state index contributed by atoms with van der Waals surface area (Å²) in [7, 11) is 1.66. The second-order valence-electron chi connectivity index (χ2n) is 3.78. The van der Waals surface area contributed by atoms with Gasteiger partial charge in [-0.1, -0.05) is 36.4 Å². The molecular weight excluding hydrogens is 210 g/mol. The molecule has 0 N–H and O–H groups in total. The summed E-state index contributed by atoms with van der Waals surface area (Å²) in [6, 6.07) is 14.0. The molecule has 17 heavy (non-hydrogen) atoms. The van der Waals surface area contributed by atoms with Gasteiger partial charge in [0.25, 0.3) is 0 Å². The van der Waals surface area contributed by atoms with Crippen LogP contribution in [0.15, 0.2) is 42.5 Å². The summed E-state index contributed by atoms with van der Waals surface area (Å²) in [6.07, 6.45) is 4.01. The summed E-state index contributed by atoms with van der Waals surface area (Å²) in [5.74, 6) is 0.794. The van der Waals surface area contributed by atoms with E-state index in [1.807, 2.05) is 49.4 Å². The van der Waals surface area contributed by atoms with Crippen molar-refractivity contribution in [3.8, 4) is 5.75 Å². The van der Waals surface area contributed by atoms with Gasteiger partial charge in [-0.25, -0.2) is 4.98 Å². The zero-order valence-electron chi connectivity index (χ0n) is 10.1. The van der Waals surface area contributed by atoms with Crippen LogP contribution in [0.3, 0.4) is 0 Å². The van der Waals surface area contributed by atoms with E-state index in [2.05, 4.69) is 17.1 Å². The van der Waals surface area contributed by atoms with Gasteiger partial charge >= 0.3 is 0 Å². The monoisotopic (exact) mass is 225 g/mol. The minimum absolute atomic E-state index is 0.794. The predicted molar refractivity (Wildman–Crippen MR) is 70.9 cm³/mol. The number of aryl methyl sites for hydroxylation is 1. The number of benzene rings is 1. The Morgan fingerprint density at radius 3 is 2.47 bits per heavy atom. The van der Waals surface area contributed by atoms with Crippen molar-refractivity contribution in [1.82, 2.24) is 4.98 Å². The molecule has 0 atom stereocenters. The van der Waals surface area contributed by atoms with E-state index in [1.165, 1.54) is 0 Å². The lowest BCUT2D eigenvalue weighted by molar-refractivity contribution is 0.411. The van der Waals surface area contributed by atoms with Gasteiger partial charge in [0, 0.05) is 5.69 Å². The second kappa shape index (κ2) is 5.30. The molecule has 0 fully saturated rings. The number of aromatic nitrogens is 1.